The highest BCUT2D eigenvalue weighted by atomic mass is 79.9. The topological polar surface area (TPSA) is 95.1 Å². The van der Waals surface area contributed by atoms with E-state index in [4.69, 9.17) is 5.11 Å². The van der Waals surface area contributed by atoms with Crippen molar-refractivity contribution in [2.45, 2.75) is 38.1 Å². The monoisotopic (exact) mass is 315 g/mol. The lowest BCUT2D eigenvalue weighted by Gasteiger charge is -2.10. The molecule has 18 heavy (non-hydrogen) atoms. The largest absolute Gasteiger partial charge is 0.480 e. The molecule has 0 aromatic carbocycles. The Morgan fingerprint density at radius 3 is 2.78 bits per heavy atom. The molecule has 98 valence electrons. The molecule has 1 amide bonds. The van der Waals surface area contributed by atoms with Gasteiger partial charge < -0.3 is 10.4 Å². The van der Waals surface area contributed by atoms with E-state index in [-0.39, 0.29) is 5.69 Å². The number of aromatic nitrogens is 2. The Balaban J connectivity index is 2.11. The molecule has 0 spiro atoms. The number of hydrogen-bond donors (Lipinski definition) is 3. The van der Waals surface area contributed by atoms with Gasteiger partial charge in [0.15, 0.2) is 5.69 Å². The van der Waals surface area contributed by atoms with Crippen molar-refractivity contribution < 1.29 is 14.7 Å². The van der Waals surface area contributed by atoms with Gasteiger partial charge in [-0.05, 0) is 35.2 Å². The van der Waals surface area contributed by atoms with Crippen LogP contribution in [0, 0.1) is 0 Å². The lowest BCUT2D eigenvalue weighted by atomic mass is 10.2. The van der Waals surface area contributed by atoms with Crippen LogP contribution in [0.25, 0.3) is 0 Å². The summed E-state index contributed by atoms with van der Waals surface area (Å²) in [4.78, 5) is 22.8. The van der Waals surface area contributed by atoms with E-state index < -0.39 is 17.9 Å². The summed E-state index contributed by atoms with van der Waals surface area (Å²) in [5, 5.41) is 18.1. The fourth-order valence-electron chi connectivity index (χ4n) is 1.70. The number of nitrogens with zero attached hydrogens (tertiary/aromatic N) is 1. The molecule has 7 heteroatoms. The summed E-state index contributed by atoms with van der Waals surface area (Å²) in [7, 11) is 0. The first-order chi connectivity index (χ1) is 8.54. The van der Waals surface area contributed by atoms with Crippen molar-refractivity contribution in [1.29, 1.82) is 0 Å². The minimum absolute atomic E-state index is 0.219. The van der Waals surface area contributed by atoms with Crippen LogP contribution in [0.3, 0.4) is 0 Å². The molecule has 2 rings (SSSR count). The molecule has 1 aliphatic carbocycles. The Morgan fingerprint density at radius 2 is 2.28 bits per heavy atom. The summed E-state index contributed by atoms with van der Waals surface area (Å²) in [6.45, 7) is 1.70. The van der Waals surface area contributed by atoms with Crippen molar-refractivity contribution >= 4 is 27.8 Å². The minimum atomic E-state index is -1.04. The molecule has 6 nitrogen and oxygen atoms in total. The molecule has 1 aromatic rings. The van der Waals surface area contributed by atoms with Crippen molar-refractivity contribution in [3.05, 3.63) is 15.9 Å². The summed E-state index contributed by atoms with van der Waals surface area (Å²) in [6.07, 6.45) is 2.52. The molecular formula is C11H14BrN3O3. The van der Waals surface area contributed by atoms with Gasteiger partial charge in [0, 0.05) is 5.92 Å². The van der Waals surface area contributed by atoms with Crippen LogP contribution in [0.15, 0.2) is 4.47 Å². The lowest BCUT2D eigenvalue weighted by Crippen LogP contribution is -2.40. The van der Waals surface area contributed by atoms with Crippen LogP contribution in [-0.4, -0.2) is 33.2 Å². The van der Waals surface area contributed by atoms with E-state index in [9.17, 15) is 9.59 Å². The summed E-state index contributed by atoms with van der Waals surface area (Å²) >= 11 is 3.34. The van der Waals surface area contributed by atoms with Crippen LogP contribution in [0.2, 0.25) is 0 Å². The number of aliphatic carboxylic acids is 1. The first kappa shape index (κ1) is 13.1. The highest BCUT2D eigenvalue weighted by Gasteiger charge is 2.31. The number of halogens is 1. The van der Waals surface area contributed by atoms with E-state index in [0.29, 0.717) is 16.8 Å². The second-order valence-corrected chi connectivity index (χ2v) is 5.14. The van der Waals surface area contributed by atoms with Gasteiger partial charge in [-0.1, -0.05) is 6.92 Å². The van der Waals surface area contributed by atoms with Crippen LogP contribution in [0.5, 0.6) is 0 Å². The summed E-state index contributed by atoms with van der Waals surface area (Å²) in [6, 6.07) is -0.884. The average molecular weight is 316 g/mol. The first-order valence-electron chi connectivity index (χ1n) is 5.82. The zero-order chi connectivity index (χ0) is 13.3. The predicted molar refractivity (Wildman–Crippen MR) is 67.4 cm³/mol. The molecule has 1 unspecified atom stereocenters. The number of carbonyl (C=O) groups is 2. The first-order valence-corrected chi connectivity index (χ1v) is 6.61. The summed E-state index contributed by atoms with van der Waals surface area (Å²) in [5.41, 5.74) is 1.14. The zero-order valence-corrected chi connectivity index (χ0v) is 11.5. The van der Waals surface area contributed by atoms with Gasteiger partial charge in [0.1, 0.15) is 6.04 Å². The van der Waals surface area contributed by atoms with Crippen LogP contribution < -0.4 is 5.32 Å². The number of amides is 1. The molecule has 1 fully saturated rings. The minimum Gasteiger partial charge on any atom is -0.480 e. The maximum atomic E-state index is 11.9. The predicted octanol–water partition coefficient (Wildman–Crippen LogP) is 1.64. The van der Waals surface area contributed by atoms with Crippen molar-refractivity contribution in [2.24, 2.45) is 0 Å². The Hall–Kier alpha value is -1.37. The second kappa shape index (κ2) is 5.09. The SMILES string of the molecule is CCC(NC(=O)c1n[nH]c(C2CC2)c1Br)C(=O)O. The second-order valence-electron chi connectivity index (χ2n) is 4.35. The number of nitrogens with one attached hydrogen (secondary N) is 2. The van der Waals surface area contributed by atoms with Gasteiger partial charge in [-0.25, -0.2) is 4.79 Å². The molecule has 1 saturated carbocycles. The number of aromatic amines is 1. The molecular weight excluding hydrogens is 302 g/mol. The third-order valence-corrected chi connectivity index (χ3v) is 3.75. The molecule has 3 N–H and O–H groups in total. The maximum Gasteiger partial charge on any atom is 0.326 e. The van der Waals surface area contributed by atoms with E-state index in [1.165, 1.54) is 0 Å². The standard InChI is InChI=1S/C11H14BrN3O3/c1-2-6(11(17)18)13-10(16)9-7(12)8(14-15-9)5-3-4-5/h5-6H,2-4H2,1H3,(H,13,16)(H,14,15)(H,17,18). The fourth-order valence-corrected chi connectivity index (χ4v) is 2.38. The molecule has 1 atom stereocenters. The van der Waals surface area contributed by atoms with Gasteiger partial charge in [-0.2, -0.15) is 5.10 Å². The van der Waals surface area contributed by atoms with Gasteiger partial charge in [0.05, 0.1) is 10.2 Å². The Kier molecular flexibility index (Phi) is 3.70. The van der Waals surface area contributed by atoms with Crippen LogP contribution in [0.4, 0.5) is 0 Å². The number of carboxylic acid groups (broad SMARTS) is 1. The molecule has 1 heterocycles. The molecule has 0 aliphatic heterocycles. The fraction of sp³-hybridized carbons (Fsp3) is 0.545. The number of H-pyrrole nitrogens is 1. The molecule has 1 aliphatic rings. The zero-order valence-electron chi connectivity index (χ0n) is 9.86. The van der Waals surface area contributed by atoms with E-state index in [2.05, 4.69) is 31.4 Å². The number of rotatable bonds is 5. The van der Waals surface area contributed by atoms with Crippen molar-refractivity contribution in [3.63, 3.8) is 0 Å². The van der Waals surface area contributed by atoms with E-state index >= 15 is 0 Å². The van der Waals surface area contributed by atoms with Gasteiger partial charge in [0.25, 0.3) is 5.91 Å². The quantitative estimate of drug-likeness (QED) is 0.769. The van der Waals surface area contributed by atoms with Crippen molar-refractivity contribution in [2.75, 3.05) is 0 Å². The number of hydrogen-bond acceptors (Lipinski definition) is 3. The molecule has 0 radical (unpaired) electrons. The lowest BCUT2D eigenvalue weighted by molar-refractivity contribution is -0.139. The van der Waals surface area contributed by atoms with Crippen molar-refractivity contribution in [3.8, 4) is 0 Å². The Labute approximate surface area is 112 Å². The Bertz CT molecular complexity index is 482. The molecule has 0 saturated heterocycles. The number of carboxylic acids is 1. The van der Waals surface area contributed by atoms with Crippen molar-refractivity contribution in [1.82, 2.24) is 15.5 Å². The highest BCUT2D eigenvalue weighted by molar-refractivity contribution is 9.10. The summed E-state index contributed by atoms with van der Waals surface area (Å²) < 4.78 is 0.641. The smallest absolute Gasteiger partial charge is 0.326 e. The van der Waals surface area contributed by atoms with Gasteiger partial charge in [0.2, 0.25) is 0 Å². The maximum absolute atomic E-state index is 11.9. The van der Waals surface area contributed by atoms with Gasteiger partial charge >= 0.3 is 5.97 Å². The summed E-state index contributed by atoms with van der Waals surface area (Å²) in [5.74, 6) is -1.07. The third kappa shape index (κ3) is 2.55. The van der Waals surface area contributed by atoms with E-state index in [1.807, 2.05) is 0 Å². The molecule has 1 aromatic heterocycles. The Morgan fingerprint density at radius 1 is 1.61 bits per heavy atom. The average Bonchev–Trinajstić information content (AvgIpc) is 3.09. The third-order valence-electron chi connectivity index (χ3n) is 2.94. The van der Waals surface area contributed by atoms with Gasteiger partial charge in [-0.15, -0.1) is 0 Å². The van der Waals surface area contributed by atoms with E-state index in [0.717, 1.165) is 18.5 Å². The normalized spacial score (nSPS) is 16.3. The highest BCUT2D eigenvalue weighted by Crippen LogP contribution is 2.42. The van der Waals surface area contributed by atoms with Crippen LogP contribution in [-0.2, 0) is 4.79 Å². The molecule has 0 bridgehead atoms. The van der Waals surface area contributed by atoms with Gasteiger partial charge in [-0.3, -0.25) is 9.89 Å². The van der Waals surface area contributed by atoms with Crippen LogP contribution >= 0.6 is 15.9 Å². The van der Waals surface area contributed by atoms with Crippen LogP contribution in [0.1, 0.15) is 48.3 Å². The number of carbonyl (C=O) groups excluding carboxylic acids is 1. The van der Waals surface area contributed by atoms with E-state index in [1.54, 1.807) is 6.92 Å².